The molecule has 2 aliphatic carbocycles. The van der Waals surface area contributed by atoms with Crippen molar-refractivity contribution in [2.45, 2.75) is 25.7 Å². The summed E-state index contributed by atoms with van der Waals surface area (Å²) in [6.45, 7) is 4.74. The maximum Gasteiger partial charge on any atom is 0.0464 e. The van der Waals surface area contributed by atoms with Gasteiger partial charge in [-0.3, -0.25) is 0 Å². The Hall–Kier alpha value is -4.88. The highest BCUT2D eigenvalue weighted by Gasteiger charge is 2.37. The maximum atomic E-state index is 3.74. The maximum absolute atomic E-state index is 3.74. The van der Waals surface area contributed by atoms with Crippen LogP contribution in [0.1, 0.15) is 36.1 Å². The van der Waals surface area contributed by atoms with Gasteiger partial charge in [-0.1, -0.05) is 123 Å². The van der Waals surface area contributed by atoms with E-state index in [1.807, 2.05) is 0 Å². The third-order valence-corrected chi connectivity index (χ3v) is 9.10. The third-order valence-electron chi connectivity index (χ3n) is 9.10. The molecule has 6 aromatic carbocycles. The fourth-order valence-electron chi connectivity index (χ4n) is 7.22. The lowest BCUT2D eigenvalue weighted by Crippen LogP contribution is -2.16. The average molecular weight is 526 g/mol. The molecule has 6 aromatic rings. The summed E-state index contributed by atoms with van der Waals surface area (Å²) in [4.78, 5) is 0. The van der Waals surface area contributed by atoms with Crippen LogP contribution >= 0.6 is 0 Å². The number of rotatable bonds is 4. The van der Waals surface area contributed by atoms with Gasteiger partial charge in [0, 0.05) is 22.4 Å². The first-order valence-electron chi connectivity index (χ1n) is 14.5. The normalized spacial score (nSPS) is 13.7. The molecule has 0 amide bonds. The average Bonchev–Trinajstić information content (AvgIpc) is 3.51. The van der Waals surface area contributed by atoms with Gasteiger partial charge in [-0.25, -0.2) is 0 Å². The van der Waals surface area contributed by atoms with Gasteiger partial charge in [-0.05, 0) is 91.9 Å². The number of fused-ring (bicyclic) bond motifs is 6. The second-order valence-corrected chi connectivity index (χ2v) is 11.8. The molecule has 1 N–H and O–H groups in total. The first-order chi connectivity index (χ1) is 20.1. The molecule has 0 unspecified atom stereocenters. The highest BCUT2D eigenvalue weighted by Crippen LogP contribution is 2.53. The molecule has 41 heavy (non-hydrogen) atoms. The molecule has 0 atom stereocenters. The van der Waals surface area contributed by atoms with Gasteiger partial charge in [-0.15, -0.1) is 0 Å². The van der Waals surface area contributed by atoms with E-state index in [1.165, 1.54) is 66.8 Å². The largest absolute Gasteiger partial charge is 0.355 e. The summed E-state index contributed by atoms with van der Waals surface area (Å²) >= 11 is 0. The smallest absolute Gasteiger partial charge is 0.0464 e. The van der Waals surface area contributed by atoms with Gasteiger partial charge in [0.15, 0.2) is 0 Å². The highest BCUT2D eigenvalue weighted by molar-refractivity contribution is 5.94. The van der Waals surface area contributed by atoms with Gasteiger partial charge in [0.2, 0.25) is 0 Å². The molecule has 0 saturated heterocycles. The minimum Gasteiger partial charge on any atom is -0.355 e. The van der Waals surface area contributed by atoms with Crippen molar-refractivity contribution in [2.75, 3.05) is 5.32 Å². The van der Waals surface area contributed by atoms with E-state index in [2.05, 4.69) is 153 Å². The number of nitrogens with one attached hydrogen (secondary N) is 1. The molecular formula is C40H31N. The number of hydrogen-bond donors (Lipinski definition) is 1. The fraction of sp³-hybridized carbons (Fsp3) is 0.100. The fourth-order valence-corrected chi connectivity index (χ4v) is 7.22. The lowest BCUT2D eigenvalue weighted by Gasteiger charge is -2.25. The van der Waals surface area contributed by atoms with Gasteiger partial charge in [0.25, 0.3) is 0 Å². The molecule has 0 bridgehead atoms. The number of hydrogen-bond acceptors (Lipinski definition) is 1. The Morgan fingerprint density at radius 1 is 0.512 bits per heavy atom. The summed E-state index contributed by atoms with van der Waals surface area (Å²) in [6.07, 6.45) is 0.958. The minimum absolute atomic E-state index is 0.0702. The minimum atomic E-state index is -0.0702. The van der Waals surface area contributed by atoms with Crippen LogP contribution in [0.3, 0.4) is 0 Å². The summed E-state index contributed by atoms with van der Waals surface area (Å²) in [5.41, 5.74) is 18.3. The first-order valence-corrected chi connectivity index (χ1v) is 14.5. The van der Waals surface area contributed by atoms with Crippen LogP contribution in [0.2, 0.25) is 0 Å². The van der Waals surface area contributed by atoms with Crippen molar-refractivity contribution in [3.8, 4) is 44.5 Å². The summed E-state index contributed by atoms with van der Waals surface area (Å²) in [6, 6.07) is 48.8. The van der Waals surface area contributed by atoms with E-state index in [0.717, 1.165) is 17.8 Å². The predicted molar refractivity (Wildman–Crippen MR) is 173 cm³/mol. The van der Waals surface area contributed by atoms with E-state index in [9.17, 15) is 0 Å². The Morgan fingerprint density at radius 2 is 1.15 bits per heavy atom. The summed E-state index contributed by atoms with van der Waals surface area (Å²) in [5, 5.41) is 3.74. The predicted octanol–water partition coefficient (Wildman–Crippen LogP) is 10.6. The molecule has 1 nitrogen and oxygen atoms in total. The monoisotopic (exact) mass is 525 g/mol. The topological polar surface area (TPSA) is 12.0 Å². The van der Waals surface area contributed by atoms with Gasteiger partial charge in [0.1, 0.15) is 0 Å². The van der Waals surface area contributed by atoms with E-state index in [4.69, 9.17) is 0 Å². The number of anilines is 2. The Balaban J connectivity index is 1.33. The molecule has 8 rings (SSSR count). The van der Waals surface area contributed by atoms with E-state index < -0.39 is 0 Å². The molecule has 0 spiro atoms. The number of para-hydroxylation sites is 1. The molecule has 196 valence electrons. The summed E-state index contributed by atoms with van der Waals surface area (Å²) in [7, 11) is 0. The van der Waals surface area contributed by atoms with Gasteiger partial charge >= 0.3 is 0 Å². The second kappa shape index (κ2) is 9.08. The number of benzene rings is 6. The molecule has 0 aliphatic heterocycles. The quantitative estimate of drug-likeness (QED) is 0.241. The van der Waals surface area contributed by atoms with Gasteiger partial charge < -0.3 is 5.32 Å². The lowest BCUT2D eigenvalue weighted by atomic mass is 9.78. The van der Waals surface area contributed by atoms with Crippen molar-refractivity contribution in [3.63, 3.8) is 0 Å². The molecule has 1 heteroatoms. The Bertz CT molecular complexity index is 1960. The SMILES string of the molecule is CC1(C)c2ccccc2-c2cccc(-c3ccc(Nc4ccccc4)c(-c4cccc5c4Cc4ccccc4-5)c3)c21. The Labute approximate surface area is 242 Å². The van der Waals surface area contributed by atoms with Crippen molar-refractivity contribution >= 4 is 11.4 Å². The van der Waals surface area contributed by atoms with Crippen LogP contribution in [-0.2, 0) is 11.8 Å². The lowest BCUT2D eigenvalue weighted by molar-refractivity contribution is 0.662. The van der Waals surface area contributed by atoms with Crippen molar-refractivity contribution in [3.05, 3.63) is 156 Å². The van der Waals surface area contributed by atoms with Crippen LogP contribution in [0.4, 0.5) is 11.4 Å². The van der Waals surface area contributed by atoms with Crippen molar-refractivity contribution < 1.29 is 0 Å². The van der Waals surface area contributed by atoms with Crippen molar-refractivity contribution in [1.29, 1.82) is 0 Å². The van der Waals surface area contributed by atoms with Crippen LogP contribution in [0.15, 0.2) is 133 Å². The van der Waals surface area contributed by atoms with Crippen molar-refractivity contribution in [2.24, 2.45) is 0 Å². The molecule has 0 fully saturated rings. The third kappa shape index (κ3) is 3.69. The molecule has 0 heterocycles. The van der Waals surface area contributed by atoms with Gasteiger partial charge in [0.05, 0.1) is 0 Å². The zero-order valence-electron chi connectivity index (χ0n) is 23.4. The van der Waals surface area contributed by atoms with Crippen LogP contribution in [0.5, 0.6) is 0 Å². The highest BCUT2D eigenvalue weighted by atomic mass is 14.9. The molecule has 2 aliphatic rings. The van der Waals surface area contributed by atoms with E-state index in [0.29, 0.717) is 0 Å². The van der Waals surface area contributed by atoms with Crippen LogP contribution < -0.4 is 5.32 Å². The zero-order valence-corrected chi connectivity index (χ0v) is 23.4. The molecule has 0 radical (unpaired) electrons. The second-order valence-electron chi connectivity index (χ2n) is 11.8. The first kappa shape index (κ1) is 24.0. The van der Waals surface area contributed by atoms with Crippen LogP contribution in [0, 0.1) is 0 Å². The van der Waals surface area contributed by atoms with Crippen molar-refractivity contribution in [1.82, 2.24) is 0 Å². The van der Waals surface area contributed by atoms with Crippen LogP contribution in [0.25, 0.3) is 44.5 Å². The summed E-state index contributed by atoms with van der Waals surface area (Å²) < 4.78 is 0. The van der Waals surface area contributed by atoms with Gasteiger partial charge in [-0.2, -0.15) is 0 Å². The standard InChI is InChI=1S/C40H31N/c1-40(2)37-21-9-8-16-33(37)34-20-10-17-30(39(34)40)27-22-23-38(41-28-13-4-3-5-14-28)36(25-27)32-19-11-18-31-29-15-7-6-12-26(29)24-35(31)32/h3-23,25,41H,24H2,1-2H3. The Morgan fingerprint density at radius 3 is 1.98 bits per heavy atom. The zero-order chi connectivity index (χ0) is 27.6. The molecule has 0 saturated carbocycles. The molecular weight excluding hydrogens is 494 g/mol. The molecule has 0 aromatic heterocycles. The van der Waals surface area contributed by atoms with E-state index in [1.54, 1.807) is 0 Å². The Kier molecular flexibility index (Phi) is 5.30. The summed E-state index contributed by atoms with van der Waals surface area (Å²) in [5.74, 6) is 0. The van der Waals surface area contributed by atoms with E-state index in [-0.39, 0.29) is 5.41 Å². The van der Waals surface area contributed by atoms with E-state index >= 15 is 0 Å². The van der Waals surface area contributed by atoms with Crippen LogP contribution in [-0.4, -0.2) is 0 Å².